The van der Waals surface area contributed by atoms with E-state index in [1.165, 1.54) is 6.92 Å². The topological polar surface area (TPSA) is 190 Å². The number of aliphatic hydroxyl groups is 4. The Hall–Kier alpha value is -2.15. The van der Waals surface area contributed by atoms with Gasteiger partial charge in [0.25, 0.3) is 0 Å². The predicted molar refractivity (Wildman–Crippen MR) is 233 cm³/mol. The van der Waals surface area contributed by atoms with E-state index in [0.29, 0.717) is 25.1 Å². The number of aliphatic hydroxyl groups excluding tert-OH is 2. The fourth-order valence-corrected chi connectivity index (χ4v) is 10.0. The molecule has 0 aliphatic carbocycles. The lowest BCUT2D eigenvalue weighted by molar-refractivity contribution is -0.333. The Morgan fingerprint density at radius 1 is 0.934 bits per heavy atom. The van der Waals surface area contributed by atoms with Gasteiger partial charge in [0.05, 0.1) is 43.5 Å². The van der Waals surface area contributed by atoms with Gasteiger partial charge in [0.15, 0.2) is 12.6 Å². The summed E-state index contributed by atoms with van der Waals surface area (Å²) in [5.41, 5.74) is -4.32. The van der Waals surface area contributed by atoms with E-state index in [-0.39, 0.29) is 37.6 Å². The van der Waals surface area contributed by atoms with Crippen LogP contribution in [0.1, 0.15) is 102 Å². The first-order valence-corrected chi connectivity index (χ1v) is 22.3. The Labute approximate surface area is 365 Å². The van der Waals surface area contributed by atoms with Crippen LogP contribution in [-0.2, 0) is 33.2 Å². The number of benzene rings is 1. The van der Waals surface area contributed by atoms with Crippen molar-refractivity contribution in [2.45, 2.75) is 186 Å². The summed E-state index contributed by atoms with van der Waals surface area (Å²) in [7, 11) is 7.01. The van der Waals surface area contributed by atoms with Crippen LogP contribution >= 0.6 is 0 Å². The largest absolute Gasteiger partial charge is 0.497 e. The highest BCUT2D eigenvalue weighted by Crippen LogP contribution is 2.45. The Balaban J connectivity index is 1.77. The molecule has 3 aliphatic heterocycles. The minimum Gasteiger partial charge on any atom is -0.497 e. The molecule has 61 heavy (non-hydrogen) atoms. The monoisotopic (exact) mass is 868 g/mol. The second-order valence-electron chi connectivity index (χ2n) is 19.7. The number of nitrogens with zero attached hydrogens (tertiary/aromatic N) is 1. The van der Waals surface area contributed by atoms with Gasteiger partial charge in [-0.3, -0.25) is 4.79 Å². The molecule has 0 unspecified atom stereocenters. The summed E-state index contributed by atoms with van der Waals surface area (Å²) in [5.74, 6) is -1.82. The van der Waals surface area contributed by atoms with Crippen molar-refractivity contribution in [2.75, 3.05) is 46.7 Å². The van der Waals surface area contributed by atoms with Gasteiger partial charge in [-0.15, -0.1) is 0 Å². The minimum atomic E-state index is -1.76. The highest BCUT2D eigenvalue weighted by Gasteiger charge is 2.58. The van der Waals surface area contributed by atoms with Gasteiger partial charge in [0.2, 0.25) is 0 Å². The number of carbonyl (C=O) groups excluding carboxylic acids is 1. The summed E-state index contributed by atoms with van der Waals surface area (Å²) < 4.78 is 44.5. The maximum atomic E-state index is 14.5. The molecule has 352 valence electrons. The SMILES string of the molecule is CC[C@H]1OC(=O)[C@H](C)[C@H](O[C@@H]2C[C@](C)(OC)[C@@](O)(CNc3ccc(OC)cc3)[C@H](C)O2)[C@H](C)[C@@H](O[C@@H]2O[C@H](C)C[C@H](N(C)C)[C@H]2O)C(C)(C)C[C@@H](C)NC[C@H](C)[C@@H](O)[C@]1(C)O. The van der Waals surface area contributed by atoms with Crippen molar-refractivity contribution < 1.29 is 58.4 Å². The summed E-state index contributed by atoms with van der Waals surface area (Å²) in [4.78, 5) is 16.5. The van der Waals surface area contributed by atoms with Crippen molar-refractivity contribution in [3.63, 3.8) is 0 Å². The predicted octanol–water partition coefficient (Wildman–Crippen LogP) is 4.32. The molecule has 0 radical (unpaired) electrons. The van der Waals surface area contributed by atoms with Gasteiger partial charge in [-0.25, -0.2) is 0 Å². The Bertz CT molecular complexity index is 1530. The molecule has 0 saturated carbocycles. The third-order valence-electron chi connectivity index (χ3n) is 14.1. The molecule has 6 N–H and O–H groups in total. The van der Waals surface area contributed by atoms with E-state index in [9.17, 15) is 25.2 Å². The molecule has 4 rings (SSSR count). The van der Waals surface area contributed by atoms with Gasteiger partial charge < -0.3 is 69.1 Å². The van der Waals surface area contributed by atoms with Gasteiger partial charge in [-0.1, -0.05) is 34.6 Å². The lowest BCUT2D eigenvalue weighted by Gasteiger charge is -2.53. The molecule has 17 atom stereocenters. The van der Waals surface area contributed by atoms with Crippen LogP contribution in [0.5, 0.6) is 5.75 Å². The van der Waals surface area contributed by atoms with Crippen LogP contribution in [0.25, 0.3) is 0 Å². The van der Waals surface area contributed by atoms with Gasteiger partial charge in [-0.2, -0.15) is 0 Å². The summed E-state index contributed by atoms with van der Waals surface area (Å²) in [6, 6.07) is 7.10. The zero-order valence-corrected chi connectivity index (χ0v) is 39.6. The van der Waals surface area contributed by atoms with Crippen molar-refractivity contribution in [3.8, 4) is 5.75 Å². The molecule has 1 aromatic carbocycles. The van der Waals surface area contributed by atoms with E-state index in [1.54, 1.807) is 35.0 Å². The van der Waals surface area contributed by atoms with Crippen molar-refractivity contribution in [2.24, 2.45) is 23.2 Å². The quantitative estimate of drug-likeness (QED) is 0.172. The van der Waals surface area contributed by atoms with Gasteiger partial charge in [0.1, 0.15) is 34.8 Å². The standard InChI is InChI=1S/C46H81N3O12/c1-16-35-45(11,53)39(51)26(2)24-47-27(3)22-43(8,9)40(61-42-37(50)34(49(12)13)21-28(4)57-42)29(5)38(30(6)41(52)59-35)60-36-23-44(10,56-15)46(54,31(7)58-36)25-48-32-17-19-33(55-14)20-18-32/h17-20,26-31,34-40,42,47-48,50-51,53-54H,16,21-25H2,1-15H3/t26-,27+,28+,29-,30+,31-,34-,35+,36+,37+,38+,39+,40+,42-,44-,45+,46+/m0/s1. The lowest BCUT2D eigenvalue weighted by atomic mass is 9.72. The Morgan fingerprint density at radius 3 is 2.15 bits per heavy atom. The lowest BCUT2D eigenvalue weighted by Crippen LogP contribution is -2.69. The first kappa shape index (κ1) is 51.5. The second kappa shape index (κ2) is 20.8. The smallest absolute Gasteiger partial charge is 0.311 e. The highest BCUT2D eigenvalue weighted by atomic mass is 16.7. The second-order valence-corrected chi connectivity index (χ2v) is 19.7. The molecule has 0 aromatic heterocycles. The average molecular weight is 868 g/mol. The number of hydrogen-bond acceptors (Lipinski definition) is 15. The zero-order chi connectivity index (χ0) is 45.8. The van der Waals surface area contributed by atoms with Crippen molar-refractivity contribution in [3.05, 3.63) is 24.3 Å². The molecule has 0 bridgehead atoms. The van der Waals surface area contributed by atoms with E-state index < -0.39 is 95.1 Å². The number of esters is 1. The van der Waals surface area contributed by atoms with Crippen LogP contribution in [0.2, 0.25) is 0 Å². The minimum absolute atomic E-state index is 0.0746. The first-order chi connectivity index (χ1) is 28.3. The van der Waals surface area contributed by atoms with Crippen LogP contribution in [-0.4, -0.2) is 157 Å². The number of anilines is 1. The van der Waals surface area contributed by atoms with E-state index in [4.69, 9.17) is 33.2 Å². The summed E-state index contributed by atoms with van der Waals surface area (Å²) in [6.07, 6.45) is -6.20. The highest BCUT2D eigenvalue weighted by molar-refractivity contribution is 5.73. The Morgan fingerprint density at radius 2 is 1.57 bits per heavy atom. The maximum Gasteiger partial charge on any atom is 0.311 e. The average Bonchev–Trinajstić information content (AvgIpc) is 3.20. The Kier molecular flexibility index (Phi) is 17.5. The third kappa shape index (κ3) is 11.6. The van der Waals surface area contributed by atoms with Gasteiger partial charge >= 0.3 is 5.97 Å². The van der Waals surface area contributed by atoms with Crippen LogP contribution < -0.4 is 15.4 Å². The van der Waals surface area contributed by atoms with E-state index in [1.807, 2.05) is 71.0 Å². The number of cyclic esters (lactones) is 1. The number of ether oxygens (including phenoxy) is 7. The fraction of sp³-hybridized carbons (Fsp3) is 0.848. The van der Waals surface area contributed by atoms with E-state index in [2.05, 4.69) is 31.4 Å². The molecular weight excluding hydrogens is 787 g/mol. The van der Waals surface area contributed by atoms with Gasteiger partial charge in [0, 0.05) is 50.3 Å². The number of hydrogen-bond donors (Lipinski definition) is 6. The van der Waals surface area contributed by atoms with Crippen LogP contribution in [0.15, 0.2) is 24.3 Å². The number of likely N-dealkylation sites (N-methyl/N-ethyl adjacent to an activating group) is 1. The number of methoxy groups -OCH3 is 2. The fourth-order valence-electron chi connectivity index (χ4n) is 10.0. The summed E-state index contributed by atoms with van der Waals surface area (Å²) in [6.45, 7) is 21.2. The number of carbonyl (C=O) groups is 1. The van der Waals surface area contributed by atoms with Crippen LogP contribution in [0.4, 0.5) is 5.69 Å². The summed E-state index contributed by atoms with van der Waals surface area (Å²) >= 11 is 0. The van der Waals surface area contributed by atoms with E-state index in [0.717, 1.165) is 5.69 Å². The molecule has 3 heterocycles. The molecule has 3 fully saturated rings. The van der Waals surface area contributed by atoms with Crippen molar-refractivity contribution in [1.29, 1.82) is 0 Å². The molecule has 0 spiro atoms. The van der Waals surface area contributed by atoms with Gasteiger partial charge in [-0.05, 0) is 110 Å². The molecular formula is C46H81N3O12. The molecule has 15 heteroatoms. The maximum absolute atomic E-state index is 14.5. The third-order valence-corrected chi connectivity index (χ3v) is 14.1. The normalized spacial score (nSPS) is 43.2. The van der Waals surface area contributed by atoms with E-state index >= 15 is 0 Å². The molecule has 3 saturated heterocycles. The summed E-state index contributed by atoms with van der Waals surface area (Å²) in [5, 5.41) is 54.3. The molecule has 15 nitrogen and oxygen atoms in total. The van der Waals surface area contributed by atoms with Crippen molar-refractivity contribution >= 4 is 11.7 Å². The molecule has 3 aliphatic rings. The molecule has 1 aromatic rings. The van der Waals surface area contributed by atoms with Crippen molar-refractivity contribution in [1.82, 2.24) is 10.2 Å². The molecule has 0 amide bonds. The van der Waals surface area contributed by atoms with Crippen LogP contribution in [0.3, 0.4) is 0 Å². The van der Waals surface area contributed by atoms with Crippen LogP contribution in [0, 0.1) is 23.2 Å². The first-order valence-electron chi connectivity index (χ1n) is 22.3. The number of rotatable bonds is 11. The number of nitrogens with one attached hydrogen (secondary N) is 2. The zero-order valence-electron chi connectivity index (χ0n) is 39.6.